The van der Waals surface area contributed by atoms with Crippen LogP contribution in [0.4, 0.5) is 4.39 Å². The molecule has 0 aliphatic heterocycles. The van der Waals surface area contributed by atoms with Crippen molar-refractivity contribution in [2.24, 2.45) is 29.1 Å². The number of ether oxygens (including phenoxy) is 1. The van der Waals surface area contributed by atoms with Crippen molar-refractivity contribution in [3.05, 3.63) is 65.0 Å². The predicted molar refractivity (Wildman–Crippen MR) is 153 cm³/mol. The zero-order valence-corrected chi connectivity index (χ0v) is 23.7. The van der Waals surface area contributed by atoms with Crippen molar-refractivity contribution in [1.82, 2.24) is 0 Å². The number of rotatable bonds is 8. The monoisotopic (exact) mass is 530 g/mol. The summed E-state index contributed by atoms with van der Waals surface area (Å²) in [5.74, 6) is 9.63. The average molecular weight is 531 g/mol. The number of hydrogen-bond acceptors (Lipinski definition) is 3. The van der Waals surface area contributed by atoms with E-state index in [1.807, 2.05) is 0 Å². The molecule has 3 nitrogen and oxygen atoms in total. The van der Waals surface area contributed by atoms with Gasteiger partial charge in [-0.15, -0.1) is 0 Å². The molecule has 5 rings (SSSR count). The molecule has 4 heteroatoms. The molecule has 0 amide bonds. The molecule has 0 radical (unpaired) electrons. The molecule has 3 aliphatic rings. The van der Waals surface area contributed by atoms with Crippen LogP contribution in [0, 0.1) is 46.7 Å². The fourth-order valence-corrected chi connectivity index (χ4v) is 7.70. The van der Waals surface area contributed by atoms with Crippen LogP contribution in [0.15, 0.2) is 42.5 Å². The van der Waals surface area contributed by atoms with Crippen LogP contribution in [-0.4, -0.2) is 23.6 Å². The molecule has 0 bridgehead atoms. The smallest absolute Gasteiger partial charge is 0.149 e. The second kappa shape index (κ2) is 11.8. The van der Waals surface area contributed by atoms with Gasteiger partial charge in [0.25, 0.3) is 0 Å². The van der Waals surface area contributed by atoms with E-state index in [0.717, 1.165) is 49.8 Å². The summed E-state index contributed by atoms with van der Waals surface area (Å²) < 4.78 is 19.2. The number of Topliss-reactive ketones (excluding diaryl/α,β-unsaturated/α-hetero) is 1. The summed E-state index contributed by atoms with van der Waals surface area (Å²) >= 11 is 0. The lowest BCUT2D eigenvalue weighted by atomic mass is 9.55. The van der Waals surface area contributed by atoms with E-state index in [0.29, 0.717) is 48.9 Å². The SMILES string of the molecule is CC(C)C[C@@H](C#CCOc1ccc2c(c1)CC[C@@H]1[C@@H]2CC[C@]2(C)C(=O)CC[C@@H]12)[C@H](O)CCc1ccc(F)cc1. The van der Waals surface area contributed by atoms with Gasteiger partial charge in [-0.3, -0.25) is 4.79 Å². The maximum absolute atomic E-state index is 13.2. The minimum absolute atomic E-state index is 0.0810. The van der Waals surface area contributed by atoms with Crippen molar-refractivity contribution in [3.8, 4) is 17.6 Å². The Kier molecular flexibility index (Phi) is 8.48. The highest BCUT2D eigenvalue weighted by Crippen LogP contribution is 2.59. The maximum atomic E-state index is 13.2. The first kappa shape index (κ1) is 27.9. The summed E-state index contributed by atoms with van der Waals surface area (Å²) in [7, 11) is 0. The number of hydrogen-bond donors (Lipinski definition) is 1. The summed E-state index contributed by atoms with van der Waals surface area (Å²) in [6.07, 6.45) is 7.79. The quantitative estimate of drug-likeness (QED) is 0.365. The van der Waals surface area contributed by atoms with Crippen molar-refractivity contribution < 1.29 is 19.0 Å². The molecule has 2 aromatic carbocycles. The fourth-order valence-electron chi connectivity index (χ4n) is 7.70. The van der Waals surface area contributed by atoms with E-state index >= 15 is 0 Å². The topological polar surface area (TPSA) is 46.5 Å². The molecule has 208 valence electrons. The van der Waals surface area contributed by atoms with Gasteiger partial charge >= 0.3 is 0 Å². The maximum Gasteiger partial charge on any atom is 0.149 e. The lowest BCUT2D eigenvalue weighted by Crippen LogP contribution is -2.42. The Hall–Kier alpha value is -2.64. The Morgan fingerprint density at radius 2 is 1.90 bits per heavy atom. The third kappa shape index (κ3) is 6.09. The van der Waals surface area contributed by atoms with Gasteiger partial charge in [0.1, 0.15) is 24.0 Å². The molecule has 2 fully saturated rings. The highest BCUT2D eigenvalue weighted by Gasteiger charge is 2.54. The molecule has 3 aliphatic carbocycles. The molecular formula is C35H43FO3. The van der Waals surface area contributed by atoms with Gasteiger partial charge < -0.3 is 9.84 Å². The molecule has 0 aromatic heterocycles. The first-order chi connectivity index (χ1) is 18.7. The molecule has 2 saturated carbocycles. The summed E-state index contributed by atoms with van der Waals surface area (Å²) in [6, 6.07) is 13.0. The molecule has 0 spiro atoms. The van der Waals surface area contributed by atoms with Crippen molar-refractivity contribution in [3.63, 3.8) is 0 Å². The largest absolute Gasteiger partial charge is 0.481 e. The van der Waals surface area contributed by atoms with E-state index in [1.165, 1.54) is 29.7 Å². The van der Waals surface area contributed by atoms with E-state index in [1.54, 1.807) is 12.1 Å². The Morgan fingerprint density at radius 3 is 2.67 bits per heavy atom. The number of aryl methyl sites for hydroxylation is 2. The lowest BCUT2D eigenvalue weighted by molar-refractivity contribution is -0.129. The lowest BCUT2D eigenvalue weighted by Gasteiger charge is -2.48. The van der Waals surface area contributed by atoms with Crippen LogP contribution < -0.4 is 4.74 Å². The van der Waals surface area contributed by atoms with E-state index in [-0.39, 0.29) is 17.2 Å². The predicted octanol–water partition coefficient (Wildman–Crippen LogP) is 7.29. The molecule has 39 heavy (non-hydrogen) atoms. The third-order valence-corrected chi connectivity index (χ3v) is 9.84. The van der Waals surface area contributed by atoms with Crippen LogP contribution in [0.1, 0.15) is 88.3 Å². The number of aliphatic hydroxyl groups excluding tert-OH is 1. The second-order valence-corrected chi connectivity index (χ2v) is 12.8. The minimum Gasteiger partial charge on any atom is -0.481 e. The van der Waals surface area contributed by atoms with Gasteiger partial charge in [-0.2, -0.15) is 0 Å². The van der Waals surface area contributed by atoms with Crippen molar-refractivity contribution in [2.45, 2.75) is 90.6 Å². The van der Waals surface area contributed by atoms with E-state index < -0.39 is 6.10 Å². The first-order valence-electron chi connectivity index (χ1n) is 14.9. The molecule has 0 heterocycles. The zero-order chi connectivity index (χ0) is 27.6. The van der Waals surface area contributed by atoms with Gasteiger partial charge in [0.2, 0.25) is 0 Å². The standard InChI is InChI=1S/C35H43FO3/c1-23(2)21-26(33(37)16-8-24-6-10-27(36)11-7-24)5-4-20-39-28-12-14-29-25(22-28)9-13-31-30(29)18-19-35(3)32(31)15-17-34(35)38/h6-7,10-12,14,22-23,26,30-33,37H,8-9,13,15-21H2,1-3H3/t26-,30-,31-,32+,33-,35+/m1/s1. The fraction of sp³-hybridized carbons (Fsp3) is 0.571. The molecule has 0 unspecified atom stereocenters. The van der Waals surface area contributed by atoms with Crippen LogP contribution in [0.25, 0.3) is 0 Å². The first-order valence-corrected chi connectivity index (χ1v) is 14.9. The highest BCUT2D eigenvalue weighted by atomic mass is 19.1. The van der Waals surface area contributed by atoms with Gasteiger partial charge in [-0.1, -0.05) is 50.8 Å². The van der Waals surface area contributed by atoms with E-state index in [2.05, 4.69) is 50.8 Å². The number of ketones is 1. The van der Waals surface area contributed by atoms with E-state index in [4.69, 9.17) is 4.74 Å². The van der Waals surface area contributed by atoms with Gasteiger partial charge in [-0.05, 0) is 116 Å². The summed E-state index contributed by atoms with van der Waals surface area (Å²) in [5, 5.41) is 10.9. The van der Waals surface area contributed by atoms with Crippen LogP contribution in [0.3, 0.4) is 0 Å². The normalized spacial score (nSPS) is 27.1. The van der Waals surface area contributed by atoms with Crippen LogP contribution in [0.5, 0.6) is 5.75 Å². The summed E-state index contributed by atoms with van der Waals surface area (Å²) in [4.78, 5) is 12.6. The number of halogens is 1. The average Bonchev–Trinajstić information content (AvgIpc) is 3.23. The Bertz CT molecular complexity index is 1220. The molecule has 6 atom stereocenters. The molecule has 2 aromatic rings. The van der Waals surface area contributed by atoms with Gasteiger partial charge in [0.05, 0.1) is 6.10 Å². The van der Waals surface area contributed by atoms with Gasteiger partial charge in [0, 0.05) is 17.8 Å². The Morgan fingerprint density at radius 1 is 1.10 bits per heavy atom. The number of aliphatic hydroxyl groups is 1. The van der Waals surface area contributed by atoms with Crippen LogP contribution in [-0.2, 0) is 17.6 Å². The number of carbonyl (C=O) groups is 1. The van der Waals surface area contributed by atoms with Gasteiger partial charge in [0.15, 0.2) is 0 Å². The Labute approximate surface area is 233 Å². The van der Waals surface area contributed by atoms with Crippen LogP contribution in [0.2, 0.25) is 0 Å². The summed E-state index contributed by atoms with van der Waals surface area (Å²) in [6.45, 7) is 6.82. The summed E-state index contributed by atoms with van der Waals surface area (Å²) in [5.41, 5.74) is 3.80. The highest BCUT2D eigenvalue weighted by molar-refractivity contribution is 5.87. The molecular weight excluding hydrogens is 487 g/mol. The van der Waals surface area contributed by atoms with E-state index in [9.17, 15) is 14.3 Å². The van der Waals surface area contributed by atoms with Crippen molar-refractivity contribution in [2.75, 3.05) is 6.61 Å². The van der Waals surface area contributed by atoms with Crippen molar-refractivity contribution >= 4 is 5.78 Å². The second-order valence-electron chi connectivity index (χ2n) is 12.8. The number of benzene rings is 2. The third-order valence-electron chi connectivity index (χ3n) is 9.84. The zero-order valence-electron chi connectivity index (χ0n) is 23.7. The Balaban J connectivity index is 1.18. The van der Waals surface area contributed by atoms with Gasteiger partial charge in [-0.25, -0.2) is 4.39 Å². The van der Waals surface area contributed by atoms with Crippen molar-refractivity contribution in [1.29, 1.82) is 0 Å². The molecule has 1 N–H and O–H groups in total. The minimum atomic E-state index is -0.533. The molecule has 0 saturated heterocycles. The number of fused-ring (bicyclic) bond motifs is 5. The van der Waals surface area contributed by atoms with Crippen LogP contribution >= 0.6 is 0 Å². The number of carbonyl (C=O) groups excluding carboxylic acids is 1.